The summed E-state index contributed by atoms with van der Waals surface area (Å²) in [5.41, 5.74) is 0.742. The molecule has 0 radical (unpaired) electrons. The van der Waals surface area contributed by atoms with Crippen molar-refractivity contribution in [1.82, 2.24) is 4.90 Å². The summed E-state index contributed by atoms with van der Waals surface area (Å²) in [5, 5.41) is 13.9. The zero-order valence-electron chi connectivity index (χ0n) is 21.2. The molecule has 2 aliphatic heterocycles. The van der Waals surface area contributed by atoms with Gasteiger partial charge in [0.15, 0.2) is 5.84 Å². The smallest absolute Gasteiger partial charge is 0.286 e. The summed E-state index contributed by atoms with van der Waals surface area (Å²) >= 11 is 0. The Morgan fingerprint density at radius 1 is 1.07 bits per heavy atom. The normalized spacial score (nSPS) is 28.6. The van der Waals surface area contributed by atoms with Gasteiger partial charge in [-0.1, -0.05) is 12.1 Å². The first kappa shape index (κ1) is 25.5. The van der Waals surface area contributed by atoms with Crippen molar-refractivity contribution in [3.63, 3.8) is 0 Å². The Kier molecular flexibility index (Phi) is 5.60. The minimum absolute atomic E-state index is 0.0979. The standard InChI is InChI=1S/C27H27FN4O6S2/c28-17-5-1-14(2-6-17)13-32-24-16-4-3-15(11-16)22(24)25(33)23(27(32)34)26-29-20-10-7-18(12-21(20)40(37,38)31-26)30-39(35,36)19-8-9-19/h1-2,5-7,10,12,15-16,19,22,24,30,33H,3-4,8-9,11,13H2,(H,29,31)/t15-,16+,22+,24?/m0/s1. The van der Waals surface area contributed by atoms with Gasteiger partial charge in [-0.2, -0.15) is 8.42 Å². The van der Waals surface area contributed by atoms with Crippen LogP contribution in [0.1, 0.15) is 37.7 Å². The predicted molar refractivity (Wildman–Crippen MR) is 145 cm³/mol. The Morgan fingerprint density at radius 2 is 1.80 bits per heavy atom. The number of amides is 1. The van der Waals surface area contributed by atoms with Crippen molar-refractivity contribution in [2.75, 3.05) is 10.0 Å². The molecule has 5 aliphatic rings. The monoisotopic (exact) mass is 586 g/mol. The van der Waals surface area contributed by atoms with Gasteiger partial charge >= 0.3 is 0 Å². The van der Waals surface area contributed by atoms with Gasteiger partial charge in [0.05, 0.1) is 10.9 Å². The number of fused-ring (bicyclic) bond motifs is 6. The molecule has 3 fully saturated rings. The van der Waals surface area contributed by atoms with Crippen molar-refractivity contribution < 1.29 is 31.1 Å². The fourth-order valence-electron chi connectivity index (χ4n) is 6.79. The number of aliphatic hydroxyl groups is 1. The Morgan fingerprint density at radius 3 is 2.52 bits per heavy atom. The zero-order valence-corrected chi connectivity index (χ0v) is 22.9. The molecule has 0 saturated heterocycles. The second-order valence-electron chi connectivity index (χ2n) is 11.3. The molecular formula is C27H27FN4O6S2. The number of benzene rings is 2. The lowest BCUT2D eigenvalue weighted by atomic mass is 9.77. The van der Waals surface area contributed by atoms with Gasteiger partial charge in [0.1, 0.15) is 22.0 Å². The molecule has 7 rings (SSSR count). The second-order valence-corrected chi connectivity index (χ2v) is 14.8. The number of halogens is 1. The van der Waals surface area contributed by atoms with Crippen LogP contribution in [0.25, 0.3) is 0 Å². The molecule has 3 aliphatic carbocycles. The molecule has 210 valence electrons. The molecule has 3 saturated carbocycles. The first-order valence-electron chi connectivity index (χ1n) is 13.3. The third-order valence-electron chi connectivity index (χ3n) is 8.73. The molecule has 1 unspecified atom stereocenters. The van der Waals surface area contributed by atoms with Crippen LogP contribution in [0.15, 0.2) is 63.1 Å². The number of carbonyl (C=O) groups is 1. The van der Waals surface area contributed by atoms with Gasteiger partial charge in [0.2, 0.25) is 10.0 Å². The third-order valence-corrected chi connectivity index (χ3v) is 11.9. The summed E-state index contributed by atoms with van der Waals surface area (Å²) in [6.45, 7) is 0.182. The molecule has 13 heteroatoms. The lowest BCUT2D eigenvalue weighted by Crippen LogP contribution is -2.53. The second kappa shape index (κ2) is 8.77. The number of sulfonamides is 2. The highest BCUT2D eigenvalue weighted by Gasteiger charge is 2.57. The van der Waals surface area contributed by atoms with E-state index in [-0.39, 0.29) is 63.8 Å². The van der Waals surface area contributed by atoms with Crippen LogP contribution in [-0.2, 0) is 31.4 Å². The summed E-state index contributed by atoms with van der Waals surface area (Å²) in [4.78, 5) is 15.4. The van der Waals surface area contributed by atoms with Gasteiger partial charge in [-0.25, -0.2) is 12.8 Å². The van der Waals surface area contributed by atoms with Crippen molar-refractivity contribution in [3.05, 3.63) is 65.2 Å². The van der Waals surface area contributed by atoms with Crippen LogP contribution in [-0.4, -0.2) is 49.9 Å². The zero-order chi connectivity index (χ0) is 28.0. The summed E-state index contributed by atoms with van der Waals surface area (Å²) in [6, 6.07) is 9.67. The minimum Gasteiger partial charge on any atom is -0.511 e. The van der Waals surface area contributed by atoms with E-state index in [0.29, 0.717) is 12.8 Å². The van der Waals surface area contributed by atoms with Crippen molar-refractivity contribution in [2.24, 2.45) is 22.2 Å². The maximum atomic E-state index is 14.0. The number of aliphatic hydroxyl groups excluding tert-OH is 1. The van der Waals surface area contributed by atoms with E-state index in [1.165, 1.54) is 30.3 Å². The van der Waals surface area contributed by atoms with E-state index in [4.69, 9.17) is 0 Å². The largest absolute Gasteiger partial charge is 0.511 e. The number of rotatable bonds is 6. The number of amidine groups is 1. The molecule has 2 aromatic carbocycles. The van der Waals surface area contributed by atoms with E-state index in [9.17, 15) is 31.1 Å². The van der Waals surface area contributed by atoms with Crippen LogP contribution in [0.5, 0.6) is 0 Å². The first-order chi connectivity index (χ1) is 19.0. The molecule has 10 nitrogen and oxygen atoms in total. The molecule has 2 aromatic rings. The molecule has 3 N–H and O–H groups in total. The number of hydrogen-bond acceptors (Lipinski definition) is 7. The summed E-state index contributed by atoms with van der Waals surface area (Å²) < 4.78 is 71.1. The molecule has 2 heterocycles. The number of nitrogens with one attached hydrogen (secondary N) is 2. The Balaban J connectivity index is 1.25. The maximum Gasteiger partial charge on any atom is 0.286 e. The van der Waals surface area contributed by atoms with Gasteiger partial charge in [-0.3, -0.25) is 9.52 Å². The highest BCUT2D eigenvalue weighted by Crippen LogP contribution is 2.55. The number of carbonyl (C=O) groups excluding carboxylic acids is 1. The first-order valence-corrected chi connectivity index (χ1v) is 16.3. The predicted octanol–water partition coefficient (Wildman–Crippen LogP) is 3.51. The van der Waals surface area contributed by atoms with Crippen LogP contribution in [0, 0.1) is 23.6 Å². The lowest BCUT2D eigenvalue weighted by molar-refractivity contribution is -0.134. The fourth-order valence-corrected chi connectivity index (χ4v) is 9.32. The molecule has 4 atom stereocenters. The van der Waals surface area contributed by atoms with Gasteiger partial charge in [0, 0.05) is 24.2 Å². The van der Waals surface area contributed by atoms with Gasteiger partial charge in [-0.05, 0) is 79.8 Å². The van der Waals surface area contributed by atoms with E-state index >= 15 is 0 Å². The van der Waals surface area contributed by atoms with Gasteiger partial charge < -0.3 is 15.3 Å². The Labute approximate surface area is 231 Å². The van der Waals surface area contributed by atoms with Gasteiger partial charge in [-0.15, -0.1) is 4.40 Å². The molecule has 40 heavy (non-hydrogen) atoms. The topological polar surface area (TPSA) is 145 Å². The summed E-state index contributed by atoms with van der Waals surface area (Å²) in [7, 11) is -7.96. The van der Waals surface area contributed by atoms with Crippen molar-refractivity contribution in [1.29, 1.82) is 0 Å². The quantitative estimate of drug-likeness (QED) is 0.470. The number of nitrogens with zero attached hydrogens (tertiary/aromatic N) is 2. The Bertz CT molecular complexity index is 1720. The lowest BCUT2D eigenvalue weighted by Gasteiger charge is -2.44. The van der Waals surface area contributed by atoms with Crippen molar-refractivity contribution in [3.8, 4) is 0 Å². The van der Waals surface area contributed by atoms with Crippen LogP contribution in [0.2, 0.25) is 0 Å². The van der Waals surface area contributed by atoms with E-state index < -0.39 is 37.0 Å². The SMILES string of the molecule is O=C1C(C2=NS(=O)(=O)c3cc(NS(=O)(=O)C4CC4)ccc3N2)=C(O)[C@H]2C([C@@H]3CC[C@H]2C3)N1Cc1ccc(F)cc1. The van der Waals surface area contributed by atoms with Crippen LogP contribution >= 0.6 is 0 Å². The summed E-state index contributed by atoms with van der Waals surface area (Å²) in [6.07, 6.45) is 3.82. The van der Waals surface area contributed by atoms with Crippen molar-refractivity contribution in [2.45, 2.75) is 54.8 Å². The number of hydrogen-bond donors (Lipinski definition) is 3. The van der Waals surface area contributed by atoms with Crippen molar-refractivity contribution >= 4 is 43.2 Å². The number of anilines is 2. The van der Waals surface area contributed by atoms with E-state index in [1.54, 1.807) is 17.0 Å². The van der Waals surface area contributed by atoms with Crippen LogP contribution < -0.4 is 10.0 Å². The van der Waals surface area contributed by atoms with E-state index in [0.717, 1.165) is 24.8 Å². The van der Waals surface area contributed by atoms with Gasteiger partial charge in [0.25, 0.3) is 15.9 Å². The average Bonchev–Trinajstić information content (AvgIpc) is 3.58. The minimum atomic E-state index is -4.35. The van der Waals surface area contributed by atoms with E-state index in [1.807, 2.05) is 0 Å². The average molecular weight is 587 g/mol. The molecule has 1 amide bonds. The fraction of sp³-hybridized carbons (Fsp3) is 0.407. The van der Waals surface area contributed by atoms with Crippen LogP contribution in [0.4, 0.5) is 15.8 Å². The molecule has 0 aromatic heterocycles. The van der Waals surface area contributed by atoms with E-state index in [2.05, 4.69) is 14.4 Å². The summed E-state index contributed by atoms with van der Waals surface area (Å²) in [5.74, 6) is -1.34. The molecule has 2 bridgehead atoms. The highest BCUT2D eigenvalue weighted by atomic mass is 32.2. The molecular weight excluding hydrogens is 559 g/mol. The third kappa shape index (κ3) is 4.09. The molecule has 0 spiro atoms. The van der Waals surface area contributed by atoms with Crippen LogP contribution in [0.3, 0.4) is 0 Å². The Hall–Kier alpha value is -3.45. The maximum absolute atomic E-state index is 14.0. The highest BCUT2D eigenvalue weighted by molar-refractivity contribution is 7.93.